The van der Waals surface area contributed by atoms with Crippen LogP contribution in [0, 0.1) is 21.4 Å². The minimum absolute atomic E-state index is 0.0886. The minimum Gasteiger partial charge on any atom is -0.383 e. The van der Waals surface area contributed by atoms with Crippen molar-refractivity contribution in [3.63, 3.8) is 0 Å². The van der Waals surface area contributed by atoms with Gasteiger partial charge in [0, 0.05) is 35.8 Å². The number of aromatic nitrogens is 1. The number of anilines is 1. The van der Waals surface area contributed by atoms with E-state index in [4.69, 9.17) is 0 Å². The van der Waals surface area contributed by atoms with Crippen molar-refractivity contribution in [1.29, 1.82) is 5.26 Å². The molecule has 0 spiro atoms. The first-order valence-electron chi connectivity index (χ1n) is 8.71. The summed E-state index contributed by atoms with van der Waals surface area (Å²) in [6.07, 6.45) is 3.79. The summed E-state index contributed by atoms with van der Waals surface area (Å²) in [5, 5.41) is 24.2. The van der Waals surface area contributed by atoms with Gasteiger partial charge in [-0.15, -0.1) is 0 Å². The quantitative estimate of drug-likeness (QED) is 0.217. The molecule has 0 aliphatic rings. The van der Waals surface area contributed by atoms with Crippen LogP contribution in [0.4, 0.5) is 11.4 Å². The number of allylic oxidation sites excluding steroid dienone is 1. The number of nitro groups is 1. The van der Waals surface area contributed by atoms with Gasteiger partial charge in [0.25, 0.3) is 5.69 Å². The molecule has 0 radical (unpaired) electrons. The first-order chi connectivity index (χ1) is 13.5. The number of hydrogen-bond acceptors (Lipinski definition) is 5. The summed E-state index contributed by atoms with van der Waals surface area (Å²) in [6.45, 7) is 2.03. The number of H-pyrrole nitrogens is 1. The largest absolute Gasteiger partial charge is 0.383 e. The molecule has 140 valence electrons. The van der Waals surface area contributed by atoms with Gasteiger partial charge < -0.3 is 10.3 Å². The molecule has 1 heterocycles. The number of fused-ring (bicyclic) bond motifs is 1. The van der Waals surface area contributed by atoms with Crippen molar-refractivity contribution in [2.75, 3.05) is 12.4 Å². The summed E-state index contributed by atoms with van der Waals surface area (Å²) >= 11 is 0. The molecule has 7 heteroatoms. The monoisotopic (exact) mass is 374 g/mol. The lowest BCUT2D eigenvalue weighted by atomic mass is 9.99. The van der Waals surface area contributed by atoms with Crippen molar-refractivity contribution in [3.8, 4) is 6.07 Å². The molecule has 0 amide bonds. The van der Waals surface area contributed by atoms with Gasteiger partial charge in [-0.1, -0.05) is 31.2 Å². The number of rotatable bonds is 6. The van der Waals surface area contributed by atoms with E-state index in [1.807, 2.05) is 31.2 Å². The van der Waals surface area contributed by atoms with Crippen LogP contribution in [0.5, 0.6) is 0 Å². The highest BCUT2D eigenvalue weighted by Crippen LogP contribution is 2.28. The molecule has 0 unspecified atom stereocenters. The summed E-state index contributed by atoms with van der Waals surface area (Å²) in [6, 6.07) is 12.1. The maximum Gasteiger partial charge on any atom is 0.292 e. The lowest BCUT2D eigenvalue weighted by molar-refractivity contribution is -0.383. The molecule has 3 rings (SSSR count). The Morgan fingerprint density at radius 2 is 2.14 bits per heavy atom. The van der Waals surface area contributed by atoms with Crippen molar-refractivity contribution in [3.05, 3.63) is 75.0 Å². The smallest absolute Gasteiger partial charge is 0.292 e. The van der Waals surface area contributed by atoms with Crippen molar-refractivity contribution in [1.82, 2.24) is 4.98 Å². The summed E-state index contributed by atoms with van der Waals surface area (Å²) in [4.78, 5) is 26.8. The molecule has 0 atom stereocenters. The molecule has 0 saturated heterocycles. The van der Waals surface area contributed by atoms with Crippen LogP contribution < -0.4 is 5.32 Å². The standard InChI is InChI=1S/C21H18N4O3/c1-3-14-5-4-6-16-17(12-24-20(14)16)21(26)15(11-22)9-13-7-8-18(23-2)19(10-13)25(27)28/h4-10,12,23-24H,3H2,1-2H3/b15-9+. The van der Waals surface area contributed by atoms with E-state index >= 15 is 0 Å². The van der Waals surface area contributed by atoms with Crippen LogP contribution in [0.1, 0.15) is 28.4 Å². The van der Waals surface area contributed by atoms with Crippen LogP contribution in [0.25, 0.3) is 17.0 Å². The number of carbonyl (C=O) groups excluding carboxylic acids is 1. The van der Waals surface area contributed by atoms with Gasteiger partial charge in [0.05, 0.1) is 4.92 Å². The molecule has 0 bridgehead atoms. The van der Waals surface area contributed by atoms with Crippen LogP contribution in [0.15, 0.2) is 48.2 Å². The second-order valence-corrected chi connectivity index (χ2v) is 6.18. The van der Waals surface area contributed by atoms with Gasteiger partial charge in [0.1, 0.15) is 17.3 Å². The highest BCUT2D eigenvalue weighted by Gasteiger charge is 2.19. The number of ketones is 1. The number of nitro benzene ring substituents is 1. The van der Waals surface area contributed by atoms with E-state index < -0.39 is 10.7 Å². The average molecular weight is 374 g/mol. The van der Waals surface area contributed by atoms with Crippen LogP contribution in [-0.4, -0.2) is 22.7 Å². The molecule has 0 fully saturated rings. The normalized spacial score (nSPS) is 11.2. The zero-order valence-electron chi connectivity index (χ0n) is 15.4. The number of nitrogens with one attached hydrogen (secondary N) is 2. The predicted molar refractivity (Wildman–Crippen MR) is 108 cm³/mol. The number of aromatic amines is 1. The Labute approximate surface area is 161 Å². The number of carbonyl (C=O) groups is 1. The van der Waals surface area contributed by atoms with E-state index in [-0.39, 0.29) is 11.3 Å². The minimum atomic E-state index is -0.511. The van der Waals surface area contributed by atoms with Gasteiger partial charge in [-0.2, -0.15) is 5.26 Å². The molecule has 2 aromatic carbocycles. The van der Waals surface area contributed by atoms with Crippen molar-refractivity contribution in [2.45, 2.75) is 13.3 Å². The predicted octanol–water partition coefficient (Wildman–Crippen LogP) is 4.47. The highest BCUT2D eigenvalue weighted by molar-refractivity contribution is 6.20. The zero-order valence-corrected chi connectivity index (χ0v) is 15.4. The van der Waals surface area contributed by atoms with Crippen LogP contribution in [0.3, 0.4) is 0 Å². The van der Waals surface area contributed by atoms with Gasteiger partial charge in [-0.3, -0.25) is 14.9 Å². The number of aryl methyl sites for hydroxylation is 1. The van der Waals surface area contributed by atoms with Crippen molar-refractivity contribution >= 4 is 34.1 Å². The summed E-state index contributed by atoms with van der Waals surface area (Å²) < 4.78 is 0. The van der Waals surface area contributed by atoms with Gasteiger partial charge >= 0.3 is 0 Å². The van der Waals surface area contributed by atoms with E-state index in [1.165, 1.54) is 12.1 Å². The maximum absolute atomic E-state index is 12.9. The summed E-state index contributed by atoms with van der Waals surface area (Å²) in [5.41, 5.74) is 2.91. The molecule has 3 aromatic rings. The molecular weight excluding hydrogens is 356 g/mol. The number of hydrogen-bond donors (Lipinski definition) is 2. The van der Waals surface area contributed by atoms with Crippen molar-refractivity contribution < 1.29 is 9.72 Å². The van der Waals surface area contributed by atoms with Crippen LogP contribution in [0.2, 0.25) is 0 Å². The van der Waals surface area contributed by atoms with Gasteiger partial charge in [0.15, 0.2) is 0 Å². The fraction of sp³-hybridized carbons (Fsp3) is 0.143. The fourth-order valence-corrected chi connectivity index (χ4v) is 3.16. The zero-order chi connectivity index (χ0) is 20.3. The van der Waals surface area contributed by atoms with Crippen LogP contribution >= 0.6 is 0 Å². The highest BCUT2D eigenvalue weighted by atomic mass is 16.6. The molecule has 2 N–H and O–H groups in total. The number of benzene rings is 2. The van der Waals surface area contributed by atoms with E-state index in [0.717, 1.165) is 22.9 Å². The Morgan fingerprint density at radius 1 is 1.36 bits per heavy atom. The number of Topliss-reactive ketones (excluding diaryl/α,β-unsaturated/α-hetero) is 1. The van der Waals surface area contributed by atoms with Crippen LogP contribution in [-0.2, 0) is 6.42 Å². The summed E-state index contributed by atoms with van der Waals surface area (Å²) in [7, 11) is 1.59. The second kappa shape index (κ2) is 7.76. The third kappa shape index (κ3) is 3.35. The Balaban J connectivity index is 2.05. The Bertz CT molecular complexity index is 1150. The topological polar surface area (TPSA) is 112 Å². The van der Waals surface area contributed by atoms with Crippen molar-refractivity contribution in [2.24, 2.45) is 0 Å². The number of nitrogens with zero attached hydrogens (tertiary/aromatic N) is 2. The SMILES string of the molecule is CCc1cccc2c(C(=O)/C(C#N)=C/c3ccc(NC)c([N+](=O)[O-])c3)c[nH]c12. The lowest BCUT2D eigenvalue weighted by Crippen LogP contribution is -2.01. The Hall–Kier alpha value is -3.92. The van der Waals surface area contributed by atoms with Gasteiger partial charge in [0.2, 0.25) is 5.78 Å². The number of para-hydroxylation sites is 1. The molecule has 0 saturated carbocycles. The van der Waals surface area contributed by atoms with E-state index in [2.05, 4.69) is 10.3 Å². The number of nitriles is 1. The molecule has 1 aromatic heterocycles. The van der Waals surface area contributed by atoms with E-state index in [0.29, 0.717) is 16.8 Å². The molecular formula is C21H18N4O3. The van der Waals surface area contributed by atoms with Gasteiger partial charge in [-0.05, 0) is 29.7 Å². The molecule has 0 aliphatic carbocycles. The van der Waals surface area contributed by atoms with Gasteiger partial charge in [-0.25, -0.2) is 0 Å². The third-order valence-electron chi connectivity index (χ3n) is 4.59. The maximum atomic E-state index is 12.9. The first-order valence-corrected chi connectivity index (χ1v) is 8.71. The average Bonchev–Trinajstić information content (AvgIpc) is 3.15. The third-order valence-corrected chi connectivity index (χ3v) is 4.59. The molecule has 0 aliphatic heterocycles. The van der Waals surface area contributed by atoms with E-state index in [9.17, 15) is 20.2 Å². The summed E-state index contributed by atoms with van der Waals surface area (Å²) in [5.74, 6) is -0.428. The first kappa shape index (κ1) is 18.9. The lowest BCUT2D eigenvalue weighted by Gasteiger charge is -2.04. The van der Waals surface area contributed by atoms with E-state index in [1.54, 1.807) is 25.4 Å². The molecule has 7 nitrogen and oxygen atoms in total. The molecule has 28 heavy (non-hydrogen) atoms. The fourth-order valence-electron chi connectivity index (χ4n) is 3.16. The Morgan fingerprint density at radius 3 is 2.79 bits per heavy atom. The Kier molecular flexibility index (Phi) is 5.23. The second-order valence-electron chi connectivity index (χ2n) is 6.18.